The second-order valence-corrected chi connectivity index (χ2v) is 4.86. The maximum Gasteiger partial charge on any atom is 0.131 e. The van der Waals surface area contributed by atoms with Crippen molar-refractivity contribution in [3.63, 3.8) is 0 Å². The Morgan fingerprint density at radius 1 is 1.06 bits per heavy atom. The van der Waals surface area contributed by atoms with Gasteiger partial charge in [-0.2, -0.15) is 0 Å². The van der Waals surface area contributed by atoms with Gasteiger partial charge in [0.15, 0.2) is 0 Å². The van der Waals surface area contributed by atoms with Gasteiger partial charge in [-0.3, -0.25) is 0 Å². The van der Waals surface area contributed by atoms with Crippen molar-refractivity contribution in [3.05, 3.63) is 45.0 Å². The van der Waals surface area contributed by atoms with Crippen LogP contribution in [0.5, 0.6) is 0 Å². The second kappa shape index (κ2) is 4.73. The molecule has 1 aromatic heterocycles. The fourth-order valence-electron chi connectivity index (χ4n) is 1.64. The number of hydrogen-bond donors (Lipinski definition) is 1. The lowest BCUT2D eigenvalue weighted by Gasteiger charge is -2.11. The number of aromatic nitrogens is 1. The van der Waals surface area contributed by atoms with Crippen molar-refractivity contribution >= 4 is 40.6 Å². The Hall–Kier alpha value is -0.960. The van der Waals surface area contributed by atoms with Crippen LogP contribution in [0.1, 0.15) is 5.56 Å². The van der Waals surface area contributed by atoms with Crippen molar-refractivity contribution < 1.29 is 0 Å². The third-order valence-electron chi connectivity index (χ3n) is 2.47. The summed E-state index contributed by atoms with van der Waals surface area (Å²) in [5.74, 6) is 0.422. The maximum absolute atomic E-state index is 6.15. The van der Waals surface area contributed by atoms with E-state index in [9.17, 15) is 0 Å². The molecule has 0 radical (unpaired) electrons. The van der Waals surface area contributed by atoms with Gasteiger partial charge in [-0.15, -0.1) is 0 Å². The summed E-state index contributed by atoms with van der Waals surface area (Å²) in [5, 5.41) is 1.36. The molecule has 0 aliphatic rings. The molecule has 0 amide bonds. The zero-order chi connectivity index (χ0) is 12.6. The SMILES string of the molecule is Cc1ccnc(N)c1-c1cc(Cl)c(Cl)cc1Cl. The van der Waals surface area contributed by atoms with Crippen LogP contribution in [0.3, 0.4) is 0 Å². The Balaban J connectivity index is 2.73. The molecule has 0 saturated carbocycles. The topological polar surface area (TPSA) is 38.9 Å². The second-order valence-electron chi connectivity index (χ2n) is 3.63. The standard InChI is InChI=1S/C12H9Cl3N2/c1-6-2-3-17-12(16)11(6)7-4-9(14)10(15)5-8(7)13/h2-5H,1H3,(H2,16,17). The summed E-state index contributed by atoms with van der Waals surface area (Å²) in [6.07, 6.45) is 1.65. The number of anilines is 1. The molecule has 0 atom stereocenters. The van der Waals surface area contributed by atoms with Crippen molar-refractivity contribution in [2.45, 2.75) is 6.92 Å². The van der Waals surface area contributed by atoms with Crippen LogP contribution in [0, 0.1) is 6.92 Å². The van der Waals surface area contributed by atoms with Gasteiger partial charge >= 0.3 is 0 Å². The predicted octanol–water partition coefficient (Wildman–Crippen LogP) is 4.60. The largest absolute Gasteiger partial charge is 0.383 e. The van der Waals surface area contributed by atoms with Crippen LogP contribution in [0.4, 0.5) is 5.82 Å². The van der Waals surface area contributed by atoms with Gasteiger partial charge in [0.1, 0.15) is 5.82 Å². The lowest BCUT2D eigenvalue weighted by molar-refractivity contribution is 1.29. The number of nitrogen functional groups attached to an aromatic ring is 1. The molecule has 1 heterocycles. The van der Waals surface area contributed by atoms with Gasteiger partial charge in [-0.05, 0) is 30.7 Å². The number of nitrogens with two attached hydrogens (primary N) is 1. The first-order valence-corrected chi connectivity index (χ1v) is 6.00. The normalized spacial score (nSPS) is 10.6. The van der Waals surface area contributed by atoms with Crippen molar-refractivity contribution in [1.29, 1.82) is 0 Å². The van der Waals surface area contributed by atoms with E-state index in [1.165, 1.54) is 0 Å². The molecule has 2 nitrogen and oxygen atoms in total. The van der Waals surface area contributed by atoms with Crippen molar-refractivity contribution in [2.24, 2.45) is 0 Å². The van der Waals surface area contributed by atoms with Crippen molar-refractivity contribution in [3.8, 4) is 11.1 Å². The molecule has 0 bridgehead atoms. The fraction of sp³-hybridized carbons (Fsp3) is 0.0833. The molecular formula is C12H9Cl3N2. The van der Waals surface area contributed by atoms with Gasteiger partial charge in [0.2, 0.25) is 0 Å². The first kappa shape index (κ1) is 12.5. The van der Waals surface area contributed by atoms with Crippen LogP contribution in [-0.4, -0.2) is 4.98 Å². The Kier molecular flexibility index (Phi) is 3.48. The van der Waals surface area contributed by atoms with Gasteiger partial charge in [0.05, 0.1) is 15.1 Å². The summed E-state index contributed by atoms with van der Waals surface area (Å²) in [7, 11) is 0. The van der Waals surface area contributed by atoms with Crippen LogP contribution in [0.2, 0.25) is 15.1 Å². The number of aryl methyl sites for hydroxylation is 1. The number of rotatable bonds is 1. The molecule has 0 saturated heterocycles. The number of hydrogen-bond acceptors (Lipinski definition) is 2. The van der Waals surface area contributed by atoms with Gasteiger partial charge in [0, 0.05) is 17.3 Å². The lowest BCUT2D eigenvalue weighted by Crippen LogP contribution is -1.96. The van der Waals surface area contributed by atoms with Crippen molar-refractivity contribution in [2.75, 3.05) is 5.73 Å². The monoisotopic (exact) mass is 286 g/mol. The average Bonchev–Trinajstić information content (AvgIpc) is 2.25. The van der Waals surface area contributed by atoms with Crippen LogP contribution < -0.4 is 5.73 Å². The number of nitrogens with zero attached hydrogens (tertiary/aromatic N) is 1. The molecule has 0 spiro atoms. The molecule has 88 valence electrons. The molecule has 0 aliphatic heterocycles. The molecule has 17 heavy (non-hydrogen) atoms. The Labute approximate surface area is 114 Å². The lowest BCUT2D eigenvalue weighted by atomic mass is 10.0. The fourth-order valence-corrected chi connectivity index (χ4v) is 2.29. The van der Waals surface area contributed by atoms with E-state index in [2.05, 4.69) is 4.98 Å². The van der Waals surface area contributed by atoms with E-state index in [0.29, 0.717) is 20.9 Å². The van der Waals surface area contributed by atoms with Crippen LogP contribution in [0.25, 0.3) is 11.1 Å². The molecule has 2 aromatic rings. The van der Waals surface area contributed by atoms with Crippen LogP contribution >= 0.6 is 34.8 Å². The minimum absolute atomic E-state index is 0.417. The molecule has 5 heteroatoms. The summed E-state index contributed by atoms with van der Waals surface area (Å²) in [6.45, 7) is 1.94. The summed E-state index contributed by atoms with van der Waals surface area (Å²) in [4.78, 5) is 4.05. The molecular weight excluding hydrogens is 279 g/mol. The van der Waals surface area contributed by atoms with Gasteiger partial charge < -0.3 is 5.73 Å². The third kappa shape index (κ3) is 2.34. The highest BCUT2D eigenvalue weighted by Gasteiger charge is 2.13. The molecule has 0 fully saturated rings. The number of pyridine rings is 1. The highest BCUT2D eigenvalue weighted by molar-refractivity contribution is 6.44. The first-order chi connectivity index (χ1) is 8.00. The maximum atomic E-state index is 6.15. The Bertz CT molecular complexity index is 562. The highest BCUT2D eigenvalue weighted by atomic mass is 35.5. The molecule has 2 N–H and O–H groups in total. The molecule has 1 aromatic carbocycles. The highest BCUT2D eigenvalue weighted by Crippen LogP contribution is 2.38. The summed E-state index contributed by atoms with van der Waals surface area (Å²) in [6, 6.07) is 5.17. The van der Waals surface area contributed by atoms with E-state index in [-0.39, 0.29) is 0 Å². The Morgan fingerprint density at radius 3 is 2.35 bits per heavy atom. The molecule has 0 unspecified atom stereocenters. The predicted molar refractivity (Wildman–Crippen MR) is 73.9 cm³/mol. The quantitative estimate of drug-likeness (QED) is 0.779. The minimum atomic E-state index is 0.417. The van der Waals surface area contributed by atoms with E-state index in [0.717, 1.165) is 16.7 Å². The zero-order valence-corrected chi connectivity index (χ0v) is 11.2. The van der Waals surface area contributed by atoms with Gasteiger partial charge in [-0.1, -0.05) is 34.8 Å². The van der Waals surface area contributed by atoms with E-state index < -0.39 is 0 Å². The summed E-state index contributed by atoms with van der Waals surface area (Å²) in [5.41, 5.74) is 8.38. The van der Waals surface area contributed by atoms with Crippen LogP contribution in [-0.2, 0) is 0 Å². The average molecular weight is 288 g/mol. The van der Waals surface area contributed by atoms with E-state index in [4.69, 9.17) is 40.5 Å². The Morgan fingerprint density at radius 2 is 1.71 bits per heavy atom. The summed E-state index contributed by atoms with van der Waals surface area (Å²) < 4.78 is 0. The van der Waals surface area contributed by atoms with E-state index in [1.807, 2.05) is 13.0 Å². The third-order valence-corrected chi connectivity index (χ3v) is 3.50. The molecule has 0 aliphatic carbocycles. The van der Waals surface area contributed by atoms with E-state index >= 15 is 0 Å². The summed E-state index contributed by atoms with van der Waals surface area (Å²) >= 11 is 18.0. The van der Waals surface area contributed by atoms with E-state index in [1.54, 1.807) is 18.3 Å². The number of benzene rings is 1. The van der Waals surface area contributed by atoms with Crippen molar-refractivity contribution in [1.82, 2.24) is 4.98 Å². The first-order valence-electron chi connectivity index (χ1n) is 4.86. The molecule has 2 rings (SSSR count). The smallest absolute Gasteiger partial charge is 0.131 e. The minimum Gasteiger partial charge on any atom is -0.383 e. The van der Waals surface area contributed by atoms with Gasteiger partial charge in [0.25, 0.3) is 0 Å². The van der Waals surface area contributed by atoms with Crippen LogP contribution in [0.15, 0.2) is 24.4 Å². The zero-order valence-electron chi connectivity index (χ0n) is 8.97. The number of halogens is 3. The van der Waals surface area contributed by atoms with Gasteiger partial charge in [-0.25, -0.2) is 4.98 Å².